The third-order valence-corrected chi connectivity index (χ3v) is 3.91. The first kappa shape index (κ1) is 16.9. The summed E-state index contributed by atoms with van der Waals surface area (Å²) < 4.78 is 13.7. The smallest absolute Gasteiger partial charge is 0.225 e. The molecule has 2 aromatic carbocycles. The first-order valence-electron chi connectivity index (χ1n) is 8.33. The summed E-state index contributed by atoms with van der Waals surface area (Å²) in [6.45, 7) is 4.36. The third-order valence-electron chi connectivity index (χ3n) is 3.91. The second-order valence-corrected chi connectivity index (χ2v) is 5.80. The van der Waals surface area contributed by atoms with Crippen molar-refractivity contribution < 1.29 is 4.39 Å². The molecule has 0 saturated heterocycles. The molecule has 0 bridgehead atoms. The van der Waals surface area contributed by atoms with E-state index in [1.807, 2.05) is 37.3 Å². The molecule has 0 unspecified atom stereocenters. The van der Waals surface area contributed by atoms with Gasteiger partial charge in [0.05, 0.1) is 0 Å². The highest BCUT2D eigenvalue weighted by Crippen LogP contribution is 2.21. The minimum atomic E-state index is -0.238. The van der Waals surface area contributed by atoms with Gasteiger partial charge in [-0.15, -0.1) is 0 Å². The summed E-state index contributed by atoms with van der Waals surface area (Å²) in [5, 5.41) is 6.44. The van der Waals surface area contributed by atoms with Gasteiger partial charge in [0.2, 0.25) is 5.95 Å². The van der Waals surface area contributed by atoms with E-state index in [9.17, 15) is 4.39 Å². The number of anilines is 3. The average Bonchev–Trinajstić information content (AvgIpc) is 2.61. The lowest BCUT2D eigenvalue weighted by molar-refractivity contribution is 0.612. The molecule has 4 nitrogen and oxygen atoms in total. The number of hydrogen-bond donors (Lipinski definition) is 2. The van der Waals surface area contributed by atoms with Crippen LogP contribution in [0, 0.1) is 12.7 Å². The molecule has 0 aliphatic rings. The molecule has 0 saturated carbocycles. The predicted octanol–water partition coefficient (Wildman–Crippen LogP) is 4.84. The van der Waals surface area contributed by atoms with Crippen LogP contribution >= 0.6 is 0 Å². The van der Waals surface area contributed by atoms with Gasteiger partial charge in [0, 0.05) is 29.6 Å². The lowest BCUT2D eigenvalue weighted by atomic mass is 10.1. The van der Waals surface area contributed by atoms with Crippen LogP contribution in [0.3, 0.4) is 0 Å². The second kappa shape index (κ2) is 7.75. The van der Waals surface area contributed by atoms with Crippen molar-refractivity contribution in [3.05, 3.63) is 77.2 Å². The van der Waals surface area contributed by atoms with Crippen molar-refractivity contribution in [3.8, 4) is 0 Å². The Bertz CT molecular complexity index is 864. The van der Waals surface area contributed by atoms with Crippen molar-refractivity contribution in [1.29, 1.82) is 0 Å². The molecule has 1 heterocycles. The van der Waals surface area contributed by atoms with Gasteiger partial charge in [0.15, 0.2) is 0 Å². The Balaban J connectivity index is 1.77. The molecule has 0 spiro atoms. The Hall–Kier alpha value is -2.95. The Morgan fingerprint density at radius 3 is 2.44 bits per heavy atom. The zero-order valence-electron chi connectivity index (χ0n) is 14.4. The van der Waals surface area contributed by atoms with Gasteiger partial charge in [0.25, 0.3) is 0 Å². The number of nitrogens with zero attached hydrogens (tertiary/aromatic N) is 2. The first-order chi connectivity index (χ1) is 12.2. The van der Waals surface area contributed by atoms with E-state index in [1.165, 1.54) is 11.6 Å². The van der Waals surface area contributed by atoms with Crippen LogP contribution in [0.4, 0.5) is 21.8 Å². The van der Waals surface area contributed by atoms with E-state index < -0.39 is 0 Å². The van der Waals surface area contributed by atoms with E-state index in [0.29, 0.717) is 23.9 Å². The van der Waals surface area contributed by atoms with Gasteiger partial charge >= 0.3 is 0 Å². The number of halogens is 1. The summed E-state index contributed by atoms with van der Waals surface area (Å²) in [6, 6.07) is 16.7. The highest BCUT2D eigenvalue weighted by molar-refractivity contribution is 5.61. The molecule has 0 radical (unpaired) electrons. The molecular weight excluding hydrogens is 315 g/mol. The van der Waals surface area contributed by atoms with Crippen molar-refractivity contribution in [3.63, 3.8) is 0 Å². The van der Waals surface area contributed by atoms with Gasteiger partial charge in [-0.3, -0.25) is 0 Å². The summed E-state index contributed by atoms with van der Waals surface area (Å²) >= 11 is 0. The third kappa shape index (κ3) is 4.32. The molecule has 0 aliphatic heterocycles. The first-order valence-corrected chi connectivity index (χ1v) is 8.33. The van der Waals surface area contributed by atoms with E-state index in [0.717, 1.165) is 17.8 Å². The summed E-state index contributed by atoms with van der Waals surface area (Å²) in [4.78, 5) is 8.87. The Morgan fingerprint density at radius 1 is 0.960 bits per heavy atom. The topological polar surface area (TPSA) is 49.8 Å². The number of hydrogen-bond acceptors (Lipinski definition) is 4. The van der Waals surface area contributed by atoms with Crippen LogP contribution < -0.4 is 10.6 Å². The SMILES string of the molecule is CCc1ccccc1Nc1cc(C)nc(NCc2ccccc2F)n1. The van der Waals surface area contributed by atoms with Crippen molar-refractivity contribution in [1.82, 2.24) is 9.97 Å². The fourth-order valence-corrected chi connectivity index (χ4v) is 2.62. The fraction of sp³-hybridized carbons (Fsp3) is 0.200. The van der Waals surface area contributed by atoms with E-state index in [2.05, 4.69) is 33.6 Å². The second-order valence-electron chi connectivity index (χ2n) is 5.80. The van der Waals surface area contributed by atoms with Crippen LogP contribution in [0.2, 0.25) is 0 Å². The summed E-state index contributed by atoms with van der Waals surface area (Å²) in [5.74, 6) is 0.946. The maximum Gasteiger partial charge on any atom is 0.225 e. The standard InChI is InChI=1S/C20H21FN4/c1-3-15-8-5-7-11-18(15)24-19-12-14(2)23-20(25-19)22-13-16-9-4-6-10-17(16)21/h4-12H,3,13H2,1-2H3,(H2,22,23,24,25). The molecule has 0 aliphatic carbocycles. The predicted molar refractivity (Wildman–Crippen MR) is 99.6 cm³/mol. The van der Waals surface area contributed by atoms with Crippen molar-refractivity contribution in [2.24, 2.45) is 0 Å². The summed E-state index contributed by atoms with van der Waals surface area (Å²) in [5.41, 5.74) is 3.67. The zero-order valence-corrected chi connectivity index (χ0v) is 14.4. The maximum absolute atomic E-state index is 13.7. The number of nitrogens with one attached hydrogen (secondary N) is 2. The summed E-state index contributed by atoms with van der Waals surface area (Å²) in [7, 11) is 0. The monoisotopic (exact) mass is 336 g/mol. The van der Waals surface area contributed by atoms with Gasteiger partial charge in [-0.25, -0.2) is 9.37 Å². The van der Waals surface area contributed by atoms with E-state index in [1.54, 1.807) is 12.1 Å². The van der Waals surface area contributed by atoms with Gasteiger partial charge in [-0.1, -0.05) is 43.3 Å². The van der Waals surface area contributed by atoms with E-state index >= 15 is 0 Å². The number of aromatic nitrogens is 2. The van der Waals surface area contributed by atoms with Crippen molar-refractivity contribution in [2.75, 3.05) is 10.6 Å². The molecule has 0 atom stereocenters. The lowest BCUT2D eigenvalue weighted by Crippen LogP contribution is -2.07. The minimum Gasteiger partial charge on any atom is -0.350 e. The highest BCUT2D eigenvalue weighted by atomic mass is 19.1. The normalized spacial score (nSPS) is 10.5. The van der Waals surface area contributed by atoms with Crippen LogP contribution in [-0.2, 0) is 13.0 Å². The lowest BCUT2D eigenvalue weighted by Gasteiger charge is -2.12. The maximum atomic E-state index is 13.7. The minimum absolute atomic E-state index is 0.238. The van der Waals surface area contributed by atoms with Gasteiger partial charge in [0.1, 0.15) is 11.6 Å². The largest absolute Gasteiger partial charge is 0.350 e. The van der Waals surface area contributed by atoms with Crippen LogP contribution in [0.1, 0.15) is 23.7 Å². The quantitative estimate of drug-likeness (QED) is 0.676. The van der Waals surface area contributed by atoms with Gasteiger partial charge in [-0.2, -0.15) is 4.98 Å². The molecule has 0 fully saturated rings. The molecular formula is C20H21FN4. The molecule has 3 rings (SSSR count). The van der Waals surface area contributed by atoms with E-state index in [-0.39, 0.29) is 5.82 Å². The molecule has 0 amide bonds. The van der Waals surface area contributed by atoms with Gasteiger partial charge < -0.3 is 10.6 Å². The number of aryl methyl sites for hydroxylation is 2. The van der Waals surface area contributed by atoms with Crippen LogP contribution in [0.5, 0.6) is 0 Å². The Kier molecular flexibility index (Phi) is 5.23. The summed E-state index contributed by atoms with van der Waals surface area (Å²) in [6.07, 6.45) is 0.936. The molecule has 5 heteroatoms. The number of rotatable bonds is 6. The number of para-hydroxylation sites is 1. The van der Waals surface area contributed by atoms with Crippen LogP contribution in [-0.4, -0.2) is 9.97 Å². The molecule has 3 aromatic rings. The highest BCUT2D eigenvalue weighted by Gasteiger charge is 2.06. The fourth-order valence-electron chi connectivity index (χ4n) is 2.62. The van der Waals surface area contributed by atoms with Gasteiger partial charge in [-0.05, 0) is 31.0 Å². The zero-order chi connectivity index (χ0) is 17.6. The van der Waals surface area contributed by atoms with E-state index in [4.69, 9.17) is 0 Å². The molecule has 25 heavy (non-hydrogen) atoms. The van der Waals surface area contributed by atoms with Crippen LogP contribution in [0.25, 0.3) is 0 Å². The molecule has 2 N–H and O–H groups in total. The Morgan fingerprint density at radius 2 is 1.68 bits per heavy atom. The molecule has 1 aromatic heterocycles. The Labute approximate surface area is 147 Å². The number of benzene rings is 2. The van der Waals surface area contributed by atoms with Crippen molar-refractivity contribution in [2.45, 2.75) is 26.8 Å². The molecule has 128 valence electrons. The van der Waals surface area contributed by atoms with Crippen molar-refractivity contribution >= 4 is 17.5 Å². The van der Waals surface area contributed by atoms with Crippen LogP contribution in [0.15, 0.2) is 54.6 Å². The average molecular weight is 336 g/mol.